The average molecular weight is 1460 g/mol. The molecule has 5 atom stereocenters. The second-order valence-corrected chi connectivity index (χ2v) is 29.4. The molecule has 0 amide bonds. The molecule has 4 N–H and O–H groups in total. The SMILES string of the molecule is CC/C=C\C/C=C\C/C=C\C/C=C\C/C=C\CCCCCCCCCCCCCCCCCCCCCC(=O)OCC(O)COP(=O)(O)OCC(O)COP(=O)(O)OCC(COC(=O)CCCCCCCC/C=C\C/C=C\C/C=C\C/C=C\CC)OC(=O)CCCCCCC/C=C\CCCC. The molecule has 0 aliphatic heterocycles. The van der Waals surface area contributed by atoms with Crippen LogP contribution in [0.1, 0.15) is 329 Å². The maximum Gasteiger partial charge on any atom is 0.472 e. The van der Waals surface area contributed by atoms with E-state index < -0.39 is 91.5 Å². The normalized spacial score (nSPS) is 14.6. The van der Waals surface area contributed by atoms with Crippen LogP contribution in [0.4, 0.5) is 0 Å². The van der Waals surface area contributed by atoms with Crippen LogP contribution in [0, 0.1) is 0 Å². The van der Waals surface area contributed by atoms with E-state index in [1.165, 1.54) is 116 Å². The zero-order chi connectivity index (χ0) is 73.7. The van der Waals surface area contributed by atoms with Gasteiger partial charge in [-0.25, -0.2) is 9.13 Å². The van der Waals surface area contributed by atoms with E-state index in [1.807, 2.05) is 0 Å². The van der Waals surface area contributed by atoms with Gasteiger partial charge in [-0.1, -0.05) is 309 Å². The summed E-state index contributed by atoms with van der Waals surface area (Å²) >= 11 is 0. The number of hydrogen-bond acceptors (Lipinski definition) is 14. The van der Waals surface area contributed by atoms with Crippen molar-refractivity contribution in [3.63, 3.8) is 0 Å². The number of phosphoric acid groups is 2. The molecule has 0 heterocycles. The second kappa shape index (κ2) is 75.6. The van der Waals surface area contributed by atoms with Gasteiger partial charge in [-0.3, -0.25) is 32.5 Å². The van der Waals surface area contributed by atoms with Crippen LogP contribution in [0.15, 0.2) is 122 Å². The van der Waals surface area contributed by atoms with E-state index >= 15 is 0 Å². The van der Waals surface area contributed by atoms with Crippen LogP contribution in [0.2, 0.25) is 0 Å². The van der Waals surface area contributed by atoms with E-state index in [4.69, 9.17) is 32.3 Å². The second-order valence-electron chi connectivity index (χ2n) is 26.5. The quantitative estimate of drug-likeness (QED) is 0.0146. The Morgan fingerprint density at radius 2 is 0.525 bits per heavy atom. The molecule has 0 aromatic rings. The summed E-state index contributed by atoms with van der Waals surface area (Å²) < 4.78 is 61.0. The Balaban J connectivity index is 4.32. The number of hydrogen-bond donors (Lipinski definition) is 4. The topological polar surface area (TPSA) is 231 Å². The van der Waals surface area contributed by atoms with Crippen molar-refractivity contribution in [2.75, 3.05) is 39.6 Å². The number of phosphoric ester groups is 2. The minimum atomic E-state index is -4.93. The predicted molar refractivity (Wildman–Crippen MR) is 417 cm³/mol. The van der Waals surface area contributed by atoms with Crippen LogP contribution >= 0.6 is 15.6 Å². The van der Waals surface area contributed by atoms with Gasteiger partial charge in [0.2, 0.25) is 0 Å². The van der Waals surface area contributed by atoms with Gasteiger partial charge in [-0.15, -0.1) is 0 Å². The molecule has 0 rings (SSSR count). The van der Waals surface area contributed by atoms with Gasteiger partial charge in [0.25, 0.3) is 0 Å². The number of aliphatic hydroxyl groups is 2. The number of allylic oxidation sites excluding steroid dienone is 20. The number of carbonyl (C=O) groups is 3. The standard InChI is InChI=1S/C83H144O16P2/c1-4-7-10-13-16-19-22-24-26-28-30-31-32-33-34-35-36-37-38-39-40-41-42-43-44-45-47-49-50-52-55-57-60-63-66-69-81(86)93-72-78(84)73-95-100(89,90)96-74-79(85)75-97-101(91,92)98-77-80(99-83(88)71-68-65-62-59-54-21-18-15-12-9-6-3)76-94-82(87)70-67-64-61-58-56-53-51-48-46-29-27-25-23-20-17-14-11-8-5-2/h7-8,10-11,15-20,24-27,30-31,33-34,46,48,78-80,84-85H,4-6,9,12-14,21-23,28-29,32,35-45,47,49-77H2,1-3H3,(H,89,90)(H,91,92)/b10-7-,11-8-,18-15-,19-16-,20-17-,26-24-,27-25-,31-30-,34-33-,48-46-. The molecular weight excluding hydrogens is 1310 g/mol. The number of carbonyl (C=O) groups excluding carboxylic acids is 3. The first kappa shape index (κ1) is 97.0. The third kappa shape index (κ3) is 76.9. The summed E-state index contributed by atoms with van der Waals surface area (Å²) in [5.41, 5.74) is 0. The molecule has 0 aromatic carbocycles. The fourth-order valence-corrected chi connectivity index (χ4v) is 12.2. The van der Waals surface area contributed by atoms with Crippen LogP contribution in [0.5, 0.6) is 0 Å². The smallest absolute Gasteiger partial charge is 0.463 e. The molecule has 0 fully saturated rings. The molecule has 5 unspecified atom stereocenters. The Kier molecular flexibility index (Phi) is 72.6. The van der Waals surface area contributed by atoms with Gasteiger partial charge in [0.1, 0.15) is 25.4 Å². The molecular formula is C83H144O16P2. The first-order valence-electron chi connectivity index (χ1n) is 39.8. The highest BCUT2D eigenvalue weighted by atomic mass is 31.2. The van der Waals surface area contributed by atoms with Crippen LogP contribution < -0.4 is 0 Å². The van der Waals surface area contributed by atoms with Crippen molar-refractivity contribution in [1.29, 1.82) is 0 Å². The highest BCUT2D eigenvalue weighted by Gasteiger charge is 2.29. The Morgan fingerprint density at radius 3 is 0.842 bits per heavy atom. The van der Waals surface area contributed by atoms with Gasteiger partial charge in [-0.2, -0.15) is 0 Å². The first-order chi connectivity index (χ1) is 49.2. The Bertz CT molecular complexity index is 2320. The highest BCUT2D eigenvalue weighted by Crippen LogP contribution is 2.45. The zero-order valence-electron chi connectivity index (χ0n) is 63.5. The maximum absolute atomic E-state index is 12.9. The fraction of sp³-hybridized carbons (Fsp3) is 0.723. The monoisotopic (exact) mass is 1460 g/mol. The number of aliphatic hydroxyl groups excluding tert-OH is 2. The van der Waals surface area contributed by atoms with Crippen molar-refractivity contribution < 1.29 is 75.8 Å². The molecule has 582 valence electrons. The van der Waals surface area contributed by atoms with E-state index in [9.17, 15) is 43.5 Å². The van der Waals surface area contributed by atoms with Gasteiger partial charge in [0, 0.05) is 19.3 Å². The fourth-order valence-electron chi connectivity index (χ4n) is 10.6. The maximum atomic E-state index is 12.9. The summed E-state index contributed by atoms with van der Waals surface area (Å²) in [6, 6.07) is 0. The largest absolute Gasteiger partial charge is 0.472 e. The Labute approximate surface area is 614 Å². The van der Waals surface area contributed by atoms with E-state index in [0.29, 0.717) is 19.3 Å². The van der Waals surface area contributed by atoms with Crippen molar-refractivity contribution in [2.45, 2.75) is 347 Å². The lowest BCUT2D eigenvalue weighted by atomic mass is 10.0. The first-order valence-corrected chi connectivity index (χ1v) is 42.8. The van der Waals surface area contributed by atoms with Crippen LogP contribution in [-0.2, 0) is 55.8 Å². The average Bonchev–Trinajstić information content (AvgIpc) is 0.974. The number of unbranched alkanes of at least 4 members (excludes halogenated alkanes) is 32. The summed E-state index contributed by atoms with van der Waals surface area (Å²) in [6.07, 6.45) is 90.0. The van der Waals surface area contributed by atoms with Gasteiger partial charge in [-0.05, 0) is 122 Å². The molecule has 18 heteroatoms. The number of ether oxygens (including phenoxy) is 3. The van der Waals surface area contributed by atoms with Crippen molar-refractivity contribution in [2.24, 2.45) is 0 Å². The molecule has 0 saturated carbocycles. The molecule has 16 nitrogen and oxygen atoms in total. The molecule has 0 saturated heterocycles. The minimum absolute atomic E-state index is 0.0900. The molecule has 0 bridgehead atoms. The lowest BCUT2D eigenvalue weighted by Gasteiger charge is -2.21. The van der Waals surface area contributed by atoms with Crippen LogP contribution in [-0.4, -0.2) is 95.9 Å². The summed E-state index contributed by atoms with van der Waals surface area (Å²) in [7, 11) is -9.78. The molecule has 0 aliphatic carbocycles. The summed E-state index contributed by atoms with van der Waals surface area (Å²) in [5, 5.41) is 20.6. The highest BCUT2D eigenvalue weighted by molar-refractivity contribution is 7.47. The third-order valence-corrected chi connectivity index (χ3v) is 18.6. The van der Waals surface area contributed by atoms with E-state index in [0.717, 1.165) is 154 Å². The predicted octanol–water partition coefficient (Wildman–Crippen LogP) is 23.3. The Morgan fingerprint density at radius 1 is 0.287 bits per heavy atom. The van der Waals surface area contributed by atoms with Gasteiger partial charge < -0.3 is 34.2 Å². The molecule has 0 aliphatic rings. The van der Waals surface area contributed by atoms with Gasteiger partial charge >= 0.3 is 33.6 Å². The van der Waals surface area contributed by atoms with Crippen LogP contribution in [0.3, 0.4) is 0 Å². The summed E-state index contributed by atoms with van der Waals surface area (Å²) in [5.74, 6) is -1.60. The van der Waals surface area contributed by atoms with Crippen molar-refractivity contribution in [3.05, 3.63) is 122 Å². The lowest BCUT2D eigenvalue weighted by Crippen LogP contribution is -2.30. The van der Waals surface area contributed by atoms with Crippen molar-refractivity contribution >= 4 is 33.6 Å². The number of esters is 3. The van der Waals surface area contributed by atoms with Crippen LogP contribution in [0.25, 0.3) is 0 Å². The summed E-state index contributed by atoms with van der Waals surface area (Å²) in [6.45, 7) is 2.40. The minimum Gasteiger partial charge on any atom is -0.463 e. The van der Waals surface area contributed by atoms with Crippen molar-refractivity contribution in [1.82, 2.24) is 0 Å². The van der Waals surface area contributed by atoms with Gasteiger partial charge in [0.05, 0.1) is 26.4 Å². The van der Waals surface area contributed by atoms with E-state index in [2.05, 4.69) is 142 Å². The third-order valence-electron chi connectivity index (χ3n) is 16.7. The molecule has 0 aromatic heterocycles. The number of rotatable bonds is 75. The van der Waals surface area contributed by atoms with Crippen molar-refractivity contribution in [3.8, 4) is 0 Å². The molecule has 0 spiro atoms. The lowest BCUT2D eigenvalue weighted by molar-refractivity contribution is -0.161. The zero-order valence-corrected chi connectivity index (χ0v) is 65.3. The van der Waals surface area contributed by atoms with Gasteiger partial charge in [0.15, 0.2) is 6.10 Å². The van der Waals surface area contributed by atoms with E-state index in [1.54, 1.807) is 0 Å². The molecule has 0 radical (unpaired) electrons. The summed E-state index contributed by atoms with van der Waals surface area (Å²) in [4.78, 5) is 58.5. The Hall–Kier alpha value is -4.05. The van der Waals surface area contributed by atoms with E-state index in [-0.39, 0.29) is 19.3 Å². The molecule has 101 heavy (non-hydrogen) atoms.